The van der Waals surface area contributed by atoms with E-state index < -0.39 is 0 Å². The Morgan fingerprint density at radius 1 is 1.38 bits per heavy atom. The van der Waals surface area contributed by atoms with Gasteiger partial charge >= 0.3 is 0 Å². The fourth-order valence-electron chi connectivity index (χ4n) is 2.17. The predicted molar refractivity (Wildman–Crippen MR) is 87.2 cm³/mol. The summed E-state index contributed by atoms with van der Waals surface area (Å²) in [5.74, 6) is 0.308. The Morgan fingerprint density at radius 3 is 2.62 bits per heavy atom. The number of nitrogens with zero attached hydrogens (tertiary/aromatic N) is 2. The molecule has 0 fully saturated rings. The summed E-state index contributed by atoms with van der Waals surface area (Å²) >= 11 is 1.61. The molecule has 1 unspecified atom stereocenters. The van der Waals surface area contributed by atoms with Gasteiger partial charge in [-0.2, -0.15) is 0 Å². The Kier molecular flexibility index (Phi) is 4.96. The van der Waals surface area contributed by atoms with E-state index in [-0.39, 0.29) is 11.8 Å². The van der Waals surface area contributed by atoms with E-state index in [0.29, 0.717) is 13.0 Å². The molecule has 1 heterocycles. The molecule has 112 valence electrons. The van der Waals surface area contributed by atoms with Crippen molar-refractivity contribution in [3.63, 3.8) is 0 Å². The number of aromatic nitrogens is 1. The fraction of sp³-hybridized carbons (Fsp3) is 0.375. The molecule has 2 N–H and O–H groups in total. The lowest BCUT2D eigenvalue weighted by Crippen LogP contribution is -2.27. The molecule has 2 aromatic rings. The molecule has 0 aliphatic rings. The van der Waals surface area contributed by atoms with Crippen molar-refractivity contribution in [1.82, 2.24) is 9.88 Å². The van der Waals surface area contributed by atoms with E-state index in [9.17, 15) is 4.79 Å². The average Bonchev–Trinajstić information content (AvgIpc) is 2.84. The number of carbonyl (C=O) groups excluding carboxylic acids is 1. The summed E-state index contributed by atoms with van der Waals surface area (Å²) in [6, 6.07) is 7.71. The van der Waals surface area contributed by atoms with E-state index in [4.69, 9.17) is 5.73 Å². The summed E-state index contributed by atoms with van der Waals surface area (Å²) in [7, 11) is 1.83. The van der Waals surface area contributed by atoms with Crippen molar-refractivity contribution in [3.05, 3.63) is 45.9 Å². The molecule has 2 rings (SSSR count). The average molecular weight is 303 g/mol. The lowest BCUT2D eigenvalue weighted by Gasteiger charge is -2.19. The minimum atomic E-state index is 0.130. The molecule has 0 bridgehead atoms. The largest absolute Gasteiger partial charge is 0.399 e. The van der Waals surface area contributed by atoms with Crippen LogP contribution in [0.1, 0.15) is 35.5 Å². The van der Waals surface area contributed by atoms with Crippen LogP contribution in [0.5, 0.6) is 0 Å². The number of hydrogen-bond donors (Lipinski definition) is 1. The topological polar surface area (TPSA) is 59.2 Å². The van der Waals surface area contributed by atoms with Gasteiger partial charge in [-0.15, -0.1) is 11.3 Å². The summed E-state index contributed by atoms with van der Waals surface area (Å²) in [6.45, 7) is 4.60. The van der Waals surface area contributed by atoms with Gasteiger partial charge < -0.3 is 10.6 Å². The zero-order valence-electron chi connectivity index (χ0n) is 12.7. The van der Waals surface area contributed by atoms with Gasteiger partial charge in [0.1, 0.15) is 0 Å². The Labute approximate surface area is 129 Å². The van der Waals surface area contributed by atoms with Crippen molar-refractivity contribution in [2.75, 3.05) is 12.8 Å². The molecule has 0 aliphatic heterocycles. The maximum atomic E-state index is 12.3. The smallest absolute Gasteiger partial charge is 0.223 e. The molecule has 4 nitrogen and oxygen atoms in total. The molecule has 0 saturated heterocycles. The van der Waals surface area contributed by atoms with Crippen molar-refractivity contribution in [2.45, 2.75) is 32.7 Å². The summed E-state index contributed by atoms with van der Waals surface area (Å²) in [6.07, 6.45) is 0.490. The maximum absolute atomic E-state index is 12.3. The number of hydrogen-bond acceptors (Lipinski definition) is 4. The highest BCUT2D eigenvalue weighted by atomic mass is 32.1. The van der Waals surface area contributed by atoms with E-state index in [0.717, 1.165) is 22.0 Å². The van der Waals surface area contributed by atoms with Crippen LogP contribution in [0.3, 0.4) is 0 Å². The van der Waals surface area contributed by atoms with Gasteiger partial charge in [0, 0.05) is 24.5 Å². The number of anilines is 1. The van der Waals surface area contributed by atoms with Crippen LogP contribution in [0, 0.1) is 6.92 Å². The summed E-state index contributed by atoms with van der Waals surface area (Å²) in [4.78, 5) is 18.4. The van der Waals surface area contributed by atoms with Crippen LogP contribution in [0.4, 0.5) is 5.69 Å². The SMILES string of the molecule is Cc1nc(CN(C)C(=O)CC(C)c2ccc(N)cc2)cs1. The summed E-state index contributed by atoms with van der Waals surface area (Å²) < 4.78 is 0. The van der Waals surface area contributed by atoms with E-state index in [1.165, 1.54) is 0 Å². The molecule has 1 atom stereocenters. The normalized spacial score (nSPS) is 12.1. The molecular weight excluding hydrogens is 282 g/mol. The first kappa shape index (κ1) is 15.5. The summed E-state index contributed by atoms with van der Waals surface area (Å²) in [5, 5.41) is 3.03. The minimum Gasteiger partial charge on any atom is -0.399 e. The Morgan fingerprint density at radius 2 is 2.05 bits per heavy atom. The third-order valence-corrected chi connectivity index (χ3v) is 4.30. The van der Waals surface area contributed by atoms with Crippen LogP contribution >= 0.6 is 11.3 Å². The zero-order valence-corrected chi connectivity index (χ0v) is 13.5. The number of rotatable bonds is 5. The van der Waals surface area contributed by atoms with Crippen LogP contribution in [-0.4, -0.2) is 22.8 Å². The van der Waals surface area contributed by atoms with Gasteiger partial charge in [0.15, 0.2) is 0 Å². The van der Waals surface area contributed by atoms with Gasteiger partial charge in [0.05, 0.1) is 17.2 Å². The van der Waals surface area contributed by atoms with Gasteiger partial charge in [-0.1, -0.05) is 19.1 Å². The fourth-order valence-corrected chi connectivity index (χ4v) is 2.78. The van der Waals surface area contributed by atoms with Crippen molar-refractivity contribution >= 4 is 22.9 Å². The zero-order chi connectivity index (χ0) is 15.4. The van der Waals surface area contributed by atoms with Gasteiger partial charge in [-0.3, -0.25) is 4.79 Å². The quantitative estimate of drug-likeness (QED) is 0.863. The van der Waals surface area contributed by atoms with Crippen molar-refractivity contribution in [2.24, 2.45) is 0 Å². The maximum Gasteiger partial charge on any atom is 0.223 e. The molecule has 1 amide bonds. The first-order chi connectivity index (χ1) is 9.95. The van der Waals surface area contributed by atoms with Gasteiger partial charge in [0.2, 0.25) is 5.91 Å². The number of nitrogens with two attached hydrogens (primary N) is 1. The van der Waals surface area contributed by atoms with Gasteiger partial charge in [0.25, 0.3) is 0 Å². The summed E-state index contributed by atoms with van der Waals surface area (Å²) in [5.41, 5.74) is 8.51. The third kappa shape index (κ3) is 4.29. The molecular formula is C16H21N3OS. The molecule has 1 aromatic heterocycles. The Hall–Kier alpha value is -1.88. The highest BCUT2D eigenvalue weighted by molar-refractivity contribution is 7.09. The van der Waals surface area contributed by atoms with Crippen LogP contribution in [-0.2, 0) is 11.3 Å². The van der Waals surface area contributed by atoms with Crippen LogP contribution in [0.25, 0.3) is 0 Å². The monoisotopic (exact) mass is 303 g/mol. The van der Waals surface area contributed by atoms with Crippen molar-refractivity contribution in [1.29, 1.82) is 0 Å². The second kappa shape index (κ2) is 6.72. The molecule has 0 aliphatic carbocycles. The molecule has 0 radical (unpaired) electrons. The number of carbonyl (C=O) groups is 1. The number of amides is 1. The lowest BCUT2D eigenvalue weighted by atomic mass is 9.97. The highest BCUT2D eigenvalue weighted by Gasteiger charge is 2.15. The molecule has 1 aromatic carbocycles. The van der Waals surface area contributed by atoms with Crippen molar-refractivity contribution < 1.29 is 4.79 Å². The van der Waals surface area contributed by atoms with Gasteiger partial charge in [-0.05, 0) is 30.5 Å². The minimum absolute atomic E-state index is 0.130. The molecule has 21 heavy (non-hydrogen) atoms. The van der Waals surface area contributed by atoms with E-state index in [2.05, 4.69) is 11.9 Å². The number of nitrogen functional groups attached to an aromatic ring is 1. The first-order valence-electron chi connectivity index (χ1n) is 6.96. The molecule has 0 saturated carbocycles. The lowest BCUT2D eigenvalue weighted by molar-refractivity contribution is -0.130. The van der Waals surface area contributed by atoms with Crippen LogP contribution in [0.15, 0.2) is 29.6 Å². The molecule has 0 spiro atoms. The standard InChI is InChI=1S/C16H21N3OS/c1-11(13-4-6-14(17)7-5-13)8-16(20)19(3)9-15-10-21-12(2)18-15/h4-7,10-11H,8-9,17H2,1-3H3. The van der Waals surface area contributed by atoms with Gasteiger partial charge in [-0.25, -0.2) is 4.98 Å². The van der Waals surface area contributed by atoms with E-state index >= 15 is 0 Å². The Balaban J connectivity index is 1.92. The number of aryl methyl sites for hydroxylation is 1. The van der Waals surface area contributed by atoms with E-state index in [1.54, 1.807) is 16.2 Å². The number of thiazole rings is 1. The molecule has 5 heteroatoms. The van der Waals surface area contributed by atoms with Crippen molar-refractivity contribution in [3.8, 4) is 0 Å². The second-order valence-electron chi connectivity index (χ2n) is 5.38. The highest BCUT2D eigenvalue weighted by Crippen LogP contribution is 2.21. The Bertz CT molecular complexity index is 606. The van der Waals surface area contributed by atoms with E-state index in [1.807, 2.05) is 43.6 Å². The predicted octanol–water partition coefficient (Wildman–Crippen LogP) is 3.19. The second-order valence-corrected chi connectivity index (χ2v) is 6.44. The van der Waals surface area contributed by atoms with Crippen LogP contribution in [0.2, 0.25) is 0 Å². The number of benzene rings is 1. The first-order valence-corrected chi connectivity index (χ1v) is 7.84. The van der Waals surface area contributed by atoms with Crippen LogP contribution < -0.4 is 5.73 Å². The third-order valence-electron chi connectivity index (χ3n) is 3.48.